The van der Waals surface area contributed by atoms with Crippen molar-refractivity contribution in [2.75, 3.05) is 0 Å². The van der Waals surface area contributed by atoms with Crippen molar-refractivity contribution in [1.82, 2.24) is 0 Å². The molecule has 1 aromatic carbocycles. The minimum absolute atomic E-state index is 0.0826. The predicted octanol–water partition coefficient (Wildman–Crippen LogP) is 3.11. The lowest BCUT2D eigenvalue weighted by atomic mass is 10.3. The van der Waals surface area contributed by atoms with Gasteiger partial charge in [-0.3, -0.25) is 0 Å². The number of hydrogen-bond donors (Lipinski definition) is 0. The van der Waals surface area contributed by atoms with E-state index in [0.29, 0.717) is 0 Å². The van der Waals surface area contributed by atoms with E-state index in [2.05, 4.69) is 4.52 Å². The zero-order valence-corrected chi connectivity index (χ0v) is 6.30. The number of benzene rings is 1. The Bertz CT molecular complexity index is 269. The zero-order chi connectivity index (χ0) is 8.32. The smallest absolute Gasteiger partial charge is 0.398 e. The van der Waals surface area contributed by atoms with Crippen molar-refractivity contribution < 1.29 is 17.5 Å². The second-order valence-corrected chi connectivity index (χ2v) is 2.83. The van der Waals surface area contributed by atoms with Crippen LogP contribution in [-0.4, -0.2) is 0 Å². The van der Waals surface area contributed by atoms with E-state index in [1.807, 2.05) is 0 Å². The molecule has 60 valence electrons. The molecule has 11 heavy (non-hydrogen) atoms. The summed E-state index contributed by atoms with van der Waals surface area (Å²) in [4.78, 5) is 0. The van der Waals surface area contributed by atoms with E-state index >= 15 is 0 Å². The Morgan fingerprint density at radius 1 is 1.18 bits per heavy atom. The van der Waals surface area contributed by atoms with Gasteiger partial charge in [0.15, 0.2) is 0 Å². The fourth-order valence-electron chi connectivity index (χ4n) is 0.604. The first kappa shape index (κ1) is 8.21. The van der Waals surface area contributed by atoms with Gasteiger partial charge in [-0.05, 0) is 12.1 Å². The Morgan fingerprint density at radius 3 is 2.18 bits per heavy atom. The number of halogens is 2. The lowest BCUT2D eigenvalue weighted by Crippen LogP contribution is -1.80. The molecular weight excluding hydrogens is 173 g/mol. The van der Waals surface area contributed by atoms with E-state index in [4.69, 9.17) is 0 Å². The molecular formula is C6H5F2O2P. The topological polar surface area (TPSA) is 26.3 Å². The molecule has 0 saturated heterocycles. The zero-order valence-electron chi connectivity index (χ0n) is 5.41. The summed E-state index contributed by atoms with van der Waals surface area (Å²) in [6, 6.07) is 7.31. The van der Waals surface area contributed by atoms with Crippen molar-refractivity contribution in [2.45, 2.75) is 0 Å². The van der Waals surface area contributed by atoms with E-state index in [9.17, 15) is 13.0 Å². The van der Waals surface area contributed by atoms with Crippen LogP contribution < -0.4 is 4.52 Å². The molecule has 0 amide bonds. The van der Waals surface area contributed by atoms with Crippen molar-refractivity contribution in [3.05, 3.63) is 30.3 Å². The van der Waals surface area contributed by atoms with Gasteiger partial charge in [0.1, 0.15) is 5.75 Å². The lowest BCUT2D eigenvalue weighted by molar-refractivity contribution is 0.384. The number of rotatable bonds is 2. The molecule has 5 heteroatoms. The van der Waals surface area contributed by atoms with Crippen molar-refractivity contribution in [1.29, 1.82) is 0 Å². The molecule has 0 spiro atoms. The van der Waals surface area contributed by atoms with Gasteiger partial charge in [-0.15, -0.1) is 8.39 Å². The molecule has 0 heterocycles. The largest absolute Gasteiger partial charge is 0.610 e. The maximum absolute atomic E-state index is 11.7. The van der Waals surface area contributed by atoms with Gasteiger partial charge in [0.2, 0.25) is 0 Å². The minimum atomic E-state index is -5.39. The molecule has 0 radical (unpaired) electrons. The first-order valence-electron chi connectivity index (χ1n) is 2.82. The monoisotopic (exact) mass is 178 g/mol. The molecule has 1 rings (SSSR count). The average molecular weight is 178 g/mol. The summed E-state index contributed by atoms with van der Waals surface area (Å²) in [6.07, 6.45) is 0. The molecule has 0 aliphatic carbocycles. The quantitative estimate of drug-likeness (QED) is 0.650. The fourth-order valence-corrected chi connectivity index (χ4v) is 0.971. The lowest BCUT2D eigenvalue weighted by Gasteiger charge is -2.00. The van der Waals surface area contributed by atoms with Gasteiger partial charge in [0, 0.05) is 0 Å². The SMILES string of the molecule is O=P(F)(F)Oc1ccccc1. The summed E-state index contributed by atoms with van der Waals surface area (Å²) in [6.45, 7) is 0. The van der Waals surface area contributed by atoms with Gasteiger partial charge in [-0.2, -0.15) is 0 Å². The van der Waals surface area contributed by atoms with E-state index in [-0.39, 0.29) is 5.75 Å². The van der Waals surface area contributed by atoms with Gasteiger partial charge < -0.3 is 4.52 Å². The Kier molecular flexibility index (Phi) is 2.25. The Labute approximate surface area is 62.5 Å². The van der Waals surface area contributed by atoms with Crippen molar-refractivity contribution in [3.63, 3.8) is 0 Å². The molecule has 0 aliphatic rings. The van der Waals surface area contributed by atoms with Crippen molar-refractivity contribution in [3.8, 4) is 5.75 Å². The van der Waals surface area contributed by atoms with E-state index < -0.39 is 7.99 Å². The summed E-state index contributed by atoms with van der Waals surface area (Å²) in [5.74, 6) is -0.0826. The summed E-state index contributed by atoms with van der Waals surface area (Å²) < 4.78 is 37.1. The first-order chi connectivity index (χ1) is 5.08. The van der Waals surface area contributed by atoms with Crippen molar-refractivity contribution >= 4 is 7.99 Å². The van der Waals surface area contributed by atoms with Gasteiger partial charge in [0.25, 0.3) is 0 Å². The van der Waals surface area contributed by atoms with E-state index in [1.165, 1.54) is 24.3 Å². The third kappa shape index (κ3) is 3.14. The number of para-hydroxylation sites is 1. The van der Waals surface area contributed by atoms with Gasteiger partial charge in [-0.1, -0.05) is 18.2 Å². The molecule has 0 fully saturated rings. The summed E-state index contributed by atoms with van der Waals surface area (Å²) in [5.41, 5.74) is 0. The van der Waals surface area contributed by atoms with Crippen molar-refractivity contribution in [2.24, 2.45) is 0 Å². The van der Waals surface area contributed by atoms with E-state index in [0.717, 1.165) is 0 Å². The standard InChI is InChI=1S/C6H5F2O2P/c7-11(8,9)10-6-4-2-1-3-5-6/h1-5H. The predicted molar refractivity (Wildman–Crippen MR) is 36.9 cm³/mol. The second kappa shape index (κ2) is 3.01. The van der Waals surface area contributed by atoms with Crippen LogP contribution in [0.5, 0.6) is 5.75 Å². The Morgan fingerprint density at radius 2 is 1.73 bits per heavy atom. The highest BCUT2D eigenvalue weighted by atomic mass is 31.2. The molecule has 0 aliphatic heterocycles. The van der Waals surface area contributed by atoms with Crippen LogP contribution in [0.4, 0.5) is 8.39 Å². The molecule has 1 aromatic rings. The normalized spacial score (nSPS) is 11.1. The molecule has 0 bridgehead atoms. The van der Waals surface area contributed by atoms with Gasteiger partial charge >= 0.3 is 7.99 Å². The summed E-state index contributed by atoms with van der Waals surface area (Å²) in [5, 5.41) is 0. The highest BCUT2D eigenvalue weighted by molar-refractivity contribution is 7.48. The van der Waals surface area contributed by atoms with Crippen LogP contribution in [0, 0.1) is 0 Å². The van der Waals surface area contributed by atoms with Crippen LogP contribution in [-0.2, 0) is 4.57 Å². The van der Waals surface area contributed by atoms with Crippen LogP contribution in [0.2, 0.25) is 0 Å². The maximum Gasteiger partial charge on any atom is 0.610 e. The molecule has 2 nitrogen and oxygen atoms in total. The third-order valence-electron chi connectivity index (χ3n) is 0.955. The molecule has 0 atom stereocenters. The molecule has 0 N–H and O–H groups in total. The molecule has 0 saturated carbocycles. The highest BCUT2D eigenvalue weighted by Crippen LogP contribution is 2.49. The second-order valence-electron chi connectivity index (χ2n) is 1.82. The Balaban J connectivity index is 2.74. The molecule has 0 unspecified atom stereocenters. The van der Waals surface area contributed by atoms with Gasteiger partial charge in [-0.25, -0.2) is 4.57 Å². The van der Waals surface area contributed by atoms with Gasteiger partial charge in [0.05, 0.1) is 0 Å². The third-order valence-corrected chi connectivity index (χ3v) is 1.38. The first-order valence-corrected chi connectivity index (χ1v) is 4.22. The van der Waals surface area contributed by atoms with Crippen LogP contribution in [0.15, 0.2) is 30.3 Å². The van der Waals surface area contributed by atoms with Crippen LogP contribution >= 0.6 is 7.99 Å². The highest BCUT2D eigenvalue weighted by Gasteiger charge is 2.21. The minimum Gasteiger partial charge on any atom is -0.398 e. The molecule has 0 aromatic heterocycles. The number of hydrogen-bond acceptors (Lipinski definition) is 2. The summed E-state index contributed by atoms with van der Waals surface area (Å²) >= 11 is 0. The fraction of sp³-hybridized carbons (Fsp3) is 0. The van der Waals surface area contributed by atoms with Crippen LogP contribution in [0.3, 0.4) is 0 Å². The van der Waals surface area contributed by atoms with E-state index in [1.54, 1.807) is 6.07 Å². The van der Waals surface area contributed by atoms with Crippen LogP contribution in [0.25, 0.3) is 0 Å². The average Bonchev–Trinajstić information content (AvgIpc) is 1.85. The maximum atomic E-state index is 11.7. The van der Waals surface area contributed by atoms with Crippen LogP contribution in [0.1, 0.15) is 0 Å². The Hall–Kier alpha value is -0.890. The summed E-state index contributed by atoms with van der Waals surface area (Å²) in [7, 11) is -5.39.